The molecule has 0 bridgehead atoms. The molecule has 1 aliphatic rings. The number of rotatable bonds is 4. The number of carbonyl (C=O) groups is 1. The third-order valence-corrected chi connectivity index (χ3v) is 3.83. The number of nitriles is 1. The highest BCUT2D eigenvalue weighted by atomic mass is 16.3. The lowest BCUT2D eigenvalue weighted by Crippen LogP contribution is -2.48. The summed E-state index contributed by atoms with van der Waals surface area (Å²) in [5.74, 6) is -0.0958. The number of carbonyl (C=O) groups excluding carboxylic acids is 1. The van der Waals surface area contributed by atoms with Gasteiger partial charge in [-0.3, -0.25) is 4.79 Å². The fraction of sp³-hybridized carbons (Fsp3) is 0.867. The largest absolute Gasteiger partial charge is 0.389 e. The van der Waals surface area contributed by atoms with E-state index in [0.717, 1.165) is 25.7 Å². The molecule has 19 heavy (non-hydrogen) atoms. The molecule has 108 valence electrons. The van der Waals surface area contributed by atoms with E-state index in [2.05, 4.69) is 6.07 Å². The van der Waals surface area contributed by atoms with Gasteiger partial charge in [0.1, 0.15) is 5.41 Å². The minimum absolute atomic E-state index is 0.0958. The van der Waals surface area contributed by atoms with Crippen LogP contribution in [-0.2, 0) is 4.79 Å². The van der Waals surface area contributed by atoms with Gasteiger partial charge >= 0.3 is 0 Å². The molecule has 0 aromatic carbocycles. The van der Waals surface area contributed by atoms with Gasteiger partial charge in [0.25, 0.3) is 0 Å². The van der Waals surface area contributed by atoms with Crippen LogP contribution in [0, 0.1) is 16.7 Å². The van der Waals surface area contributed by atoms with E-state index in [4.69, 9.17) is 0 Å². The van der Waals surface area contributed by atoms with Crippen LogP contribution in [0.2, 0.25) is 0 Å². The third-order valence-electron chi connectivity index (χ3n) is 3.83. The zero-order chi connectivity index (χ0) is 14.5. The molecule has 1 saturated carbocycles. The standard InChI is InChI=1S/C15H26N2O2/c1-4-17(12-14(2,3)19)13(18)15(11-16)9-7-5-6-8-10-15/h19H,4-10,12H2,1-3H3. The molecule has 0 spiro atoms. The van der Waals surface area contributed by atoms with E-state index >= 15 is 0 Å². The first-order valence-electron chi connectivity index (χ1n) is 7.28. The van der Waals surface area contributed by atoms with E-state index in [-0.39, 0.29) is 12.5 Å². The van der Waals surface area contributed by atoms with Gasteiger partial charge in [-0.1, -0.05) is 25.7 Å². The van der Waals surface area contributed by atoms with Crippen molar-refractivity contribution in [2.75, 3.05) is 13.1 Å². The van der Waals surface area contributed by atoms with Crippen molar-refractivity contribution in [1.82, 2.24) is 4.90 Å². The first kappa shape index (κ1) is 16.0. The summed E-state index contributed by atoms with van der Waals surface area (Å²) in [6, 6.07) is 2.28. The van der Waals surface area contributed by atoms with Crippen molar-refractivity contribution < 1.29 is 9.90 Å². The van der Waals surface area contributed by atoms with E-state index in [1.165, 1.54) is 0 Å². The van der Waals surface area contributed by atoms with Crippen LogP contribution in [0.15, 0.2) is 0 Å². The fourth-order valence-electron chi connectivity index (χ4n) is 2.80. The van der Waals surface area contributed by atoms with Crippen LogP contribution in [0.4, 0.5) is 0 Å². The van der Waals surface area contributed by atoms with Crippen LogP contribution < -0.4 is 0 Å². The molecule has 1 N–H and O–H groups in total. The second-order valence-corrected chi connectivity index (χ2v) is 6.24. The fourth-order valence-corrected chi connectivity index (χ4v) is 2.80. The Bertz CT molecular complexity index is 344. The summed E-state index contributed by atoms with van der Waals surface area (Å²) in [4.78, 5) is 14.3. The average Bonchev–Trinajstić information content (AvgIpc) is 2.60. The first-order valence-corrected chi connectivity index (χ1v) is 7.28. The molecule has 1 rings (SSSR count). The highest BCUT2D eigenvalue weighted by molar-refractivity contribution is 5.85. The van der Waals surface area contributed by atoms with Crippen LogP contribution in [0.1, 0.15) is 59.3 Å². The molecule has 0 saturated heterocycles. The van der Waals surface area contributed by atoms with Crippen LogP contribution in [0.3, 0.4) is 0 Å². The Labute approximate surface area is 116 Å². The molecular weight excluding hydrogens is 240 g/mol. The van der Waals surface area contributed by atoms with Crippen molar-refractivity contribution in [3.05, 3.63) is 0 Å². The van der Waals surface area contributed by atoms with Crippen LogP contribution >= 0.6 is 0 Å². The van der Waals surface area contributed by atoms with Crippen LogP contribution in [0.25, 0.3) is 0 Å². The Hall–Kier alpha value is -1.08. The molecule has 4 nitrogen and oxygen atoms in total. The van der Waals surface area contributed by atoms with Gasteiger partial charge in [0, 0.05) is 13.1 Å². The van der Waals surface area contributed by atoms with E-state index in [0.29, 0.717) is 19.4 Å². The lowest BCUT2D eigenvalue weighted by molar-refractivity contribution is -0.142. The predicted octanol–water partition coefficient (Wildman–Crippen LogP) is 2.47. The quantitative estimate of drug-likeness (QED) is 0.795. The SMILES string of the molecule is CCN(CC(C)(C)O)C(=O)C1(C#N)CCCCCC1. The second kappa shape index (κ2) is 6.38. The van der Waals surface area contributed by atoms with Crippen molar-refractivity contribution in [3.8, 4) is 6.07 Å². The molecule has 0 unspecified atom stereocenters. The summed E-state index contributed by atoms with van der Waals surface area (Å²) < 4.78 is 0. The lowest BCUT2D eigenvalue weighted by Gasteiger charge is -2.34. The Morgan fingerprint density at radius 3 is 2.21 bits per heavy atom. The van der Waals surface area contributed by atoms with Gasteiger partial charge < -0.3 is 10.0 Å². The Balaban J connectivity index is 2.89. The van der Waals surface area contributed by atoms with Crippen molar-refractivity contribution in [1.29, 1.82) is 5.26 Å². The molecule has 0 aromatic heterocycles. The monoisotopic (exact) mass is 266 g/mol. The van der Waals surface area contributed by atoms with E-state index < -0.39 is 11.0 Å². The molecule has 1 aliphatic carbocycles. The number of amides is 1. The summed E-state index contributed by atoms with van der Waals surface area (Å²) >= 11 is 0. The molecule has 4 heteroatoms. The van der Waals surface area contributed by atoms with Gasteiger partial charge in [-0.15, -0.1) is 0 Å². The van der Waals surface area contributed by atoms with E-state index in [9.17, 15) is 15.2 Å². The van der Waals surface area contributed by atoms with Gasteiger partial charge in [0.05, 0.1) is 11.7 Å². The van der Waals surface area contributed by atoms with E-state index in [1.807, 2.05) is 6.92 Å². The molecule has 0 aliphatic heterocycles. The zero-order valence-electron chi connectivity index (χ0n) is 12.4. The van der Waals surface area contributed by atoms with Crippen molar-refractivity contribution in [3.63, 3.8) is 0 Å². The minimum Gasteiger partial charge on any atom is -0.389 e. The smallest absolute Gasteiger partial charge is 0.243 e. The van der Waals surface area contributed by atoms with Crippen molar-refractivity contribution >= 4 is 5.91 Å². The summed E-state index contributed by atoms with van der Waals surface area (Å²) in [6.07, 6.45) is 5.41. The number of likely N-dealkylation sites (N-methyl/N-ethyl adjacent to an activating group) is 1. The summed E-state index contributed by atoms with van der Waals surface area (Å²) in [7, 11) is 0. The summed E-state index contributed by atoms with van der Waals surface area (Å²) in [6.45, 7) is 6.09. The molecule has 1 amide bonds. The zero-order valence-corrected chi connectivity index (χ0v) is 12.4. The first-order chi connectivity index (χ1) is 8.84. The highest BCUT2D eigenvalue weighted by Gasteiger charge is 2.42. The Morgan fingerprint density at radius 1 is 1.32 bits per heavy atom. The number of hydrogen-bond donors (Lipinski definition) is 1. The number of nitrogens with zero attached hydrogens (tertiary/aromatic N) is 2. The lowest BCUT2D eigenvalue weighted by atomic mass is 9.80. The van der Waals surface area contributed by atoms with Gasteiger partial charge in [-0.2, -0.15) is 5.26 Å². The van der Waals surface area contributed by atoms with Gasteiger partial charge in [-0.25, -0.2) is 0 Å². The molecule has 0 aromatic rings. The minimum atomic E-state index is -0.924. The third kappa shape index (κ3) is 4.21. The number of aliphatic hydroxyl groups is 1. The predicted molar refractivity (Wildman–Crippen MR) is 74.3 cm³/mol. The maximum absolute atomic E-state index is 12.7. The van der Waals surface area contributed by atoms with Gasteiger partial charge in [0.15, 0.2) is 0 Å². The van der Waals surface area contributed by atoms with Gasteiger partial charge in [-0.05, 0) is 33.6 Å². The Kier molecular flexibility index (Phi) is 5.37. The average molecular weight is 266 g/mol. The van der Waals surface area contributed by atoms with Crippen LogP contribution in [0.5, 0.6) is 0 Å². The molecule has 0 radical (unpaired) electrons. The summed E-state index contributed by atoms with van der Waals surface area (Å²) in [5.41, 5.74) is -1.79. The maximum Gasteiger partial charge on any atom is 0.243 e. The highest BCUT2D eigenvalue weighted by Crippen LogP contribution is 2.36. The normalized spacial score (nSPS) is 19.3. The molecular formula is C15H26N2O2. The maximum atomic E-state index is 12.7. The molecule has 1 fully saturated rings. The van der Waals surface area contributed by atoms with E-state index in [1.54, 1.807) is 18.7 Å². The topological polar surface area (TPSA) is 64.3 Å². The summed E-state index contributed by atoms with van der Waals surface area (Å²) in [5, 5.41) is 19.4. The number of hydrogen-bond acceptors (Lipinski definition) is 3. The van der Waals surface area contributed by atoms with Crippen LogP contribution in [-0.4, -0.2) is 34.6 Å². The Morgan fingerprint density at radius 2 is 1.84 bits per heavy atom. The second-order valence-electron chi connectivity index (χ2n) is 6.24. The van der Waals surface area contributed by atoms with Crippen molar-refractivity contribution in [2.24, 2.45) is 5.41 Å². The van der Waals surface area contributed by atoms with Crippen molar-refractivity contribution in [2.45, 2.75) is 64.9 Å². The molecule has 0 atom stereocenters. The van der Waals surface area contributed by atoms with Gasteiger partial charge in [0.2, 0.25) is 5.91 Å². The molecule has 0 heterocycles.